The molecule has 2 rings (SSSR count). The van der Waals surface area contributed by atoms with Gasteiger partial charge in [-0.2, -0.15) is 0 Å². The molecule has 1 aliphatic heterocycles. The zero-order valence-electron chi connectivity index (χ0n) is 10.6. The predicted molar refractivity (Wildman–Crippen MR) is 64.8 cm³/mol. The third-order valence-electron chi connectivity index (χ3n) is 4.04. The van der Waals surface area contributed by atoms with Gasteiger partial charge in [-0.1, -0.05) is 6.92 Å². The molecule has 0 aromatic rings. The number of hydrogen-bond donors (Lipinski definition) is 1. The summed E-state index contributed by atoms with van der Waals surface area (Å²) in [5.74, 6) is 1.24. The quantitative estimate of drug-likeness (QED) is 0.789. The molecular formula is C13H23NO3. The first-order chi connectivity index (χ1) is 8.20. The number of aliphatic hydroxyl groups excluding tert-OH is 1. The van der Waals surface area contributed by atoms with Crippen molar-refractivity contribution in [1.82, 2.24) is 4.90 Å². The zero-order chi connectivity index (χ0) is 12.3. The van der Waals surface area contributed by atoms with E-state index in [-0.39, 0.29) is 18.6 Å². The van der Waals surface area contributed by atoms with E-state index in [0.29, 0.717) is 24.9 Å². The maximum absolute atomic E-state index is 11.9. The Hall–Kier alpha value is -0.450. The number of morpholine rings is 1. The lowest BCUT2D eigenvalue weighted by Gasteiger charge is -2.38. The Labute approximate surface area is 103 Å². The largest absolute Gasteiger partial charge is 0.395 e. The van der Waals surface area contributed by atoms with E-state index in [0.717, 1.165) is 32.4 Å². The van der Waals surface area contributed by atoms with E-state index < -0.39 is 0 Å². The summed E-state index contributed by atoms with van der Waals surface area (Å²) in [5, 5.41) is 9.30. The summed E-state index contributed by atoms with van der Waals surface area (Å²) < 4.78 is 5.35. The summed E-state index contributed by atoms with van der Waals surface area (Å²) in [5.41, 5.74) is 0. The van der Waals surface area contributed by atoms with Crippen LogP contribution in [-0.2, 0) is 9.53 Å². The Bertz CT molecular complexity index is 269. The van der Waals surface area contributed by atoms with Crippen molar-refractivity contribution in [2.45, 2.75) is 32.2 Å². The molecule has 17 heavy (non-hydrogen) atoms. The molecule has 1 saturated heterocycles. The van der Waals surface area contributed by atoms with Gasteiger partial charge < -0.3 is 9.84 Å². The van der Waals surface area contributed by atoms with Gasteiger partial charge in [-0.3, -0.25) is 9.69 Å². The fraction of sp³-hybridized carbons (Fsp3) is 0.923. The van der Waals surface area contributed by atoms with Crippen molar-refractivity contribution in [2.24, 2.45) is 11.8 Å². The number of aliphatic hydroxyl groups is 1. The van der Waals surface area contributed by atoms with Gasteiger partial charge in [0.1, 0.15) is 5.78 Å². The van der Waals surface area contributed by atoms with Crippen LogP contribution >= 0.6 is 0 Å². The van der Waals surface area contributed by atoms with Crippen LogP contribution in [0.25, 0.3) is 0 Å². The van der Waals surface area contributed by atoms with Crippen molar-refractivity contribution in [3.8, 4) is 0 Å². The van der Waals surface area contributed by atoms with E-state index in [1.807, 2.05) is 0 Å². The molecule has 3 atom stereocenters. The molecule has 0 amide bonds. The smallest absolute Gasteiger partial charge is 0.137 e. The number of hydrogen-bond acceptors (Lipinski definition) is 4. The Morgan fingerprint density at radius 1 is 1.53 bits per heavy atom. The number of rotatable bonds is 3. The Morgan fingerprint density at radius 2 is 2.35 bits per heavy atom. The van der Waals surface area contributed by atoms with Gasteiger partial charge >= 0.3 is 0 Å². The first-order valence-electron chi connectivity index (χ1n) is 6.66. The van der Waals surface area contributed by atoms with Gasteiger partial charge in [-0.05, 0) is 18.8 Å². The van der Waals surface area contributed by atoms with Gasteiger partial charge in [0, 0.05) is 25.4 Å². The van der Waals surface area contributed by atoms with Crippen LogP contribution in [0, 0.1) is 11.8 Å². The number of ether oxygens (including phenoxy) is 1. The van der Waals surface area contributed by atoms with Crippen LogP contribution in [0.15, 0.2) is 0 Å². The van der Waals surface area contributed by atoms with E-state index in [9.17, 15) is 9.90 Å². The zero-order valence-corrected chi connectivity index (χ0v) is 10.6. The highest BCUT2D eigenvalue weighted by Gasteiger charge is 2.31. The molecule has 3 unspecified atom stereocenters. The molecule has 1 heterocycles. The van der Waals surface area contributed by atoms with E-state index in [2.05, 4.69) is 11.8 Å². The van der Waals surface area contributed by atoms with Crippen LogP contribution < -0.4 is 0 Å². The highest BCUT2D eigenvalue weighted by Crippen LogP contribution is 2.27. The minimum absolute atomic E-state index is 0.0776. The molecule has 2 fully saturated rings. The standard InChI is InChI=1S/C13H23NO3/c1-10-2-3-13(16)11(6-10)7-14-4-5-17-9-12(14)8-15/h10-12,15H,2-9H2,1H3. The lowest BCUT2D eigenvalue weighted by atomic mass is 9.81. The number of nitrogens with zero attached hydrogens (tertiary/aromatic N) is 1. The van der Waals surface area contributed by atoms with Gasteiger partial charge in [0.05, 0.1) is 25.9 Å². The van der Waals surface area contributed by atoms with Crippen LogP contribution in [0.1, 0.15) is 26.2 Å². The second kappa shape index (κ2) is 5.94. The molecule has 4 nitrogen and oxygen atoms in total. The van der Waals surface area contributed by atoms with E-state index >= 15 is 0 Å². The van der Waals surface area contributed by atoms with Gasteiger partial charge in [-0.25, -0.2) is 0 Å². The third kappa shape index (κ3) is 3.27. The first kappa shape index (κ1) is 13.0. The average molecular weight is 241 g/mol. The summed E-state index contributed by atoms with van der Waals surface area (Å²) in [4.78, 5) is 14.1. The van der Waals surface area contributed by atoms with Crippen molar-refractivity contribution in [1.29, 1.82) is 0 Å². The number of carbonyl (C=O) groups is 1. The molecule has 0 bridgehead atoms. The first-order valence-corrected chi connectivity index (χ1v) is 6.66. The van der Waals surface area contributed by atoms with E-state index in [4.69, 9.17) is 4.74 Å². The monoisotopic (exact) mass is 241 g/mol. The van der Waals surface area contributed by atoms with Gasteiger partial charge in [0.2, 0.25) is 0 Å². The van der Waals surface area contributed by atoms with Crippen LogP contribution in [0.2, 0.25) is 0 Å². The maximum atomic E-state index is 11.9. The Morgan fingerprint density at radius 3 is 3.12 bits per heavy atom. The van der Waals surface area contributed by atoms with Crippen molar-refractivity contribution in [2.75, 3.05) is 32.9 Å². The molecule has 4 heteroatoms. The van der Waals surface area contributed by atoms with Gasteiger partial charge in [0.15, 0.2) is 0 Å². The second-order valence-corrected chi connectivity index (χ2v) is 5.45. The second-order valence-electron chi connectivity index (χ2n) is 5.45. The van der Waals surface area contributed by atoms with Gasteiger partial charge in [0.25, 0.3) is 0 Å². The molecule has 0 radical (unpaired) electrons. The predicted octanol–water partition coefficient (Wildman–Crippen LogP) is 0.685. The molecule has 0 aromatic carbocycles. The molecular weight excluding hydrogens is 218 g/mol. The summed E-state index contributed by atoms with van der Waals surface area (Å²) in [7, 11) is 0. The molecule has 0 spiro atoms. The van der Waals surface area contributed by atoms with Gasteiger partial charge in [-0.15, -0.1) is 0 Å². The van der Waals surface area contributed by atoms with Crippen LogP contribution in [0.4, 0.5) is 0 Å². The normalized spacial score (nSPS) is 36.1. The maximum Gasteiger partial charge on any atom is 0.137 e. The van der Waals surface area contributed by atoms with Crippen molar-refractivity contribution < 1.29 is 14.6 Å². The lowest BCUT2D eigenvalue weighted by molar-refractivity contribution is -0.127. The van der Waals surface area contributed by atoms with E-state index in [1.165, 1.54) is 0 Å². The fourth-order valence-corrected chi connectivity index (χ4v) is 2.88. The third-order valence-corrected chi connectivity index (χ3v) is 4.04. The van der Waals surface area contributed by atoms with Crippen LogP contribution in [0.5, 0.6) is 0 Å². The highest BCUT2D eigenvalue weighted by atomic mass is 16.5. The Balaban J connectivity index is 1.91. The topological polar surface area (TPSA) is 49.8 Å². The molecule has 1 N–H and O–H groups in total. The SMILES string of the molecule is CC1CCC(=O)C(CN2CCOCC2CO)C1. The van der Waals surface area contributed by atoms with Crippen molar-refractivity contribution in [3.05, 3.63) is 0 Å². The summed E-state index contributed by atoms with van der Waals surface area (Å²) in [6, 6.07) is 0.0776. The minimum atomic E-state index is 0.0776. The van der Waals surface area contributed by atoms with E-state index in [1.54, 1.807) is 0 Å². The summed E-state index contributed by atoms with van der Waals surface area (Å²) in [6.07, 6.45) is 2.79. The minimum Gasteiger partial charge on any atom is -0.395 e. The summed E-state index contributed by atoms with van der Waals surface area (Å²) in [6.45, 7) is 5.29. The average Bonchev–Trinajstić information content (AvgIpc) is 2.34. The van der Waals surface area contributed by atoms with Crippen LogP contribution in [-0.4, -0.2) is 54.7 Å². The molecule has 1 saturated carbocycles. The molecule has 0 aromatic heterocycles. The number of Topliss-reactive ketones (excluding diaryl/α,β-unsaturated/α-hetero) is 1. The molecule has 2 aliphatic rings. The molecule has 1 aliphatic carbocycles. The van der Waals surface area contributed by atoms with Crippen molar-refractivity contribution >= 4 is 5.78 Å². The highest BCUT2D eigenvalue weighted by molar-refractivity contribution is 5.81. The van der Waals surface area contributed by atoms with Crippen LogP contribution in [0.3, 0.4) is 0 Å². The fourth-order valence-electron chi connectivity index (χ4n) is 2.88. The lowest BCUT2D eigenvalue weighted by Crippen LogP contribution is -2.50. The Kier molecular flexibility index (Phi) is 4.54. The summed E-state index contributed by atoms with van der Waals surface area (Å²) >= 11 is 0. The number of carbonyl (C=O) groups excluding carboxylic acids is 1. The van der Waals surface area contributed by atoms with Crippen molar-refractivity contribution in [3.63, 3.8) is 0 Å². The molecule has 98 valence electrons. The number of ketones is 1.